The van der Waals surface area contributed by atoms with Crippen LogP contribution in [0.25, 0.3) is 11.1 Å². The SMILES string of the molecule is Cc1ccc(-c2cc(C(=O)NC(C)C)cc(C3=NOC(c4ccccn4)[C@H]3C)c2)c(F)c1. The number of hydrogen-bond acceptors (Lipinski definition) is 4. The van der Waals surface area contributed by atoms with Crippen molar-refractivity contribution in [3.8, 4) is 11.1 Å². The van der Waals surface area contributed by atoms with E-state index in [-0.39, 0.29) is 29.8 Å². The minimum atomic E-state index is -0.332. The topological polar surface area (TPSA) is 63.6 Å². The first-order chi connectivity index (χ1) is 15.3. The highest BCUT2D eigenvalue weighted by atomic mass is 19.1. The van der Waals surface area contributed by atoms with Crippen LogP contribution in [0.3, 0.4) is 0 Å². The van der Waals surface area contributed by atoms with Crippen molar-refractivity contribution in [2.24, 2.45) is 11.1 Å². The van der Waals surface area contributed by atoms with Gasteiger partial charge in [0.15, 0.2) is 6.10 Å². The Labute approximate surface area is 187 Å². The number of carbonyl (C=O) groups is 1. The van der Waals surface area contributed by atoms with Gasteiger partial charge in [-0.15, -0.1) is 0 Å². The lowest BCUT2D eigenvalue weighted by atomic mass is 9.89. The minimum Gasteiger partial charge on any atom is -0.385 e. The summed E-state index contributed by atoms with van der Waals surface area (Å²) in [5.74, 6) is -0.644. The molecule has 32 heavy (non-hydrogen) atoms. The van der Waals surface area contributed by atoms with Crippen molar-refractivity contribution in [2.75, 3.05) is 0 Å². The van der Waals surface area contributed by atoms with E-state index in [1.807, 2.05) is 58.0 Å². The van der Waals surface area contributed by atoms with Crippen molar-refractivity contribution in [1.82, 2.24) is 10.3 Å². The predicted molar refractivity (Wildman–Crippen MR) is 123 cm³/mol. The largest absolute Gasteiger partial charge is 0.385 e. The maximum Gasteiger partial charge on any atom is 0.251 e. The second-order valence-corrected chi connectivity index (χ2v) is 8.46. The molecule has 1 aromatic heterocycles. The van der Waals surface area contributed by atoms with Gasteiger partial charge in [0.1, 0.15) is 5.82 Å². The lowest BCUT2D eigenvalue weighted by molar-refractivity contribution is 0.0621. The summed E-state index contributed by atoms with van der Waals surface area (Å²) >= 11 is 0. The number of rotatable bonds is 5. The zero-order chi connectivity index (χ0) is 22.8. The monoisotopic (exact) mass is 431 g/mol. The molecule has 4 rings (SSSR count). The molecule has 0 saturated heterocycles. The van der Waals surface area contributed by atoms with Crippen molar-refractivity contribution in [1.29, 1.82) is 0 Å². The van der Waals surface area contributed by atoms with Crippen LogP contribution in [0.15, 0.2) is 65.9 Å². The highest BCUT2D eigenvalue weighted by Crippen LogP contribution is 2.35. The third-order valence-electron chi connectivity index (χ3n) is 5.48. The molecule has 0 spiro atoms. The second kappa shape index (κ2) is 8.91. The lowest BCUT2D eigenvalue weighted by Crippen LogP contribution is -2.30. The Morgan fingerprint density at radius 3 is 2.56 bits per heavy atom. The molecule has 1 aliphatic rings. The Kier molecular flexibility index (Phi) is 6.04. The van der Waals surface area contributed by atoms with Gasteiger partial charge in [0, 0.05) is 34.8 Å². The van der Waals surface area contributed by atoms with Crippen LogP contribution in [0.2, 0.25) is 0 Å². The maximum atomic E-state index is 14.8. The van der Waals surface area contributed by atoms with Crippen molar-refractivity contribution in [3.05, 3.63) is 89.0 Å². The standard InChI is InChI=1S/C26H26FN3O2/c1-15(2)29-26(31)20-13-18(21-9-8-16(3)11-22(21)27)12-19(14-20)24-17(4)25(32-30-24)23-7-5-6-10-28-23/h5-15,17,25H,1-4H3,(H,29,31)/t17-,25?/m0/s1. The van der Waals surface area contributed by atoms with Crippen molar-refractivity contribution < 1.29 is 14.0 Å². The molecule has 0 aliphatic carbocycles. The summed E-state index contributed by atoms with van der Waals surface area (Å²) in [6.07, 6.45) is 1.40. The summed E-state index contributed by atoms with van der Waals surface area (Å²) in [7, 11) is 0. The Hall–Kier alpha value is -3.54. The smallest absolute Gasteiger partial charge is 0.251 e. The Morgan fingerprint density at radius 1 is 1.09 bits per heavy atom. The number of hydrogen-bond donors (Lipinski definition) is 1. The molecular formula is C26H26FN3O2. The van der Waals surface area contributed by atoms with Crippen LogP contribution in [-0.2, 0) is 4.84 Å². The van der Waals surface area contributed by atoms with Gasteiger partial charge in [0.25, 0.3) is 5.91 Å². The van der Waals surface area contributed by atoms with Crippen LogP contribution in [0.4, 0.5) is 4.39 Å². The Morgan fingerprint density at radius 2 is 1.88 bits per heavy atom. The molecule has 1 amide bonds. The molecule has 1 unspecified atom stereocenters. The first-order valence-electron chi connectivity index (χ1n) is 10.7. The highest BCUT2D eigenvalue weighted by Gasteiger charge is 2.34. The molecule has 1 aliphatic heterocycles. The molecule has 2 heterocycles. The number of pyridine rings is 1. The number of nitrogens with zero attached hydrogens (tertiary/aromatic N) is 2. The number of oxime groups is 1. The zero-order valence-corrected chi connectivity index (χ0v) is 18.6. The van der Waals surface area contributed by atoms with Gasteiger partial charge in [-0.1, -0.05) is 30.3 Å². The number of aromatic nitrogens is 1. The summed E-state index contributed by atoms with van der Waals surface area (Å²) < 4.78 is 14.8. The molecule has 0 bridgehead atoms. The van der Waals surface area contributed by atoms with Crippen LogP contribution in [-0.4, -0.2) is 22.6 Å². The summed E-state index contributed by atoms with van der Waals surface area (Å²) in [6.45, 7) is 7.65. The lowest BCUT2D eigenvalue weighted by Gasteiger charge is -2.16. The Balaban J connectivity index is 1.77. The Bertz CT molecular complexity index is 1170. The third-order valence-corrected chi connectivity index (χ3v) is 5.48. The van der Waals surface area contributed by atoms with Crippen LogP contribution in [0.1, 0.15) is 54.1 Å². The summed E-state index contributed by atoms with van der Waals surface area (Å²) in [6, 6.07) is 16.1. The minimum absolute atomic E-state index is 0.0228. The molecule has 0 radical (unpaired) electrons. The highest BCUT2D eigenvalue weighted by molar-refractivity contribution is 6.06. The van der Waals surface area contributed by atoms with E-state index in [1.165, 1.54) is 6.07 Å². The average Bonchev–Trinajstić information content (AvgIpc) is 3.15. The molecular weight excluding hydrogens is 405 g/mol. The summed E-state index contributed by atoms with van der Waals surface area (Å²) in [4.78, 5) is 22.9. The fraction of sp³-hybridized carbons (Fsp3) is 0.269. The summed E-state index contributed by atoms with van der Waals surface area (Å²) in [5, 5.41) is 7.24. The molecule has 2 atom stereocenters. The van der Waals surface area contributed by atoms with Crippen LogP contribution < -0.4 is 5.32 Å². The first-order valence-corrected chi connectivity index (χ1v) is 10.7. The zero-order valence-electron chi connectivity index (χ0n) is 18.6. The van der Waals surface area contributed by atoms with Gasteiger partial charge in [-0.3, -0.25) is 9.78 Å². The molecule has 2 aromatic carbocycles. The fourth-order valence-electron chi connectivity index (χ4n) is 3.86. The van der Waals surface area contributed by atoms with Gasteiger partial charge in [-0.25, -0.2) is 4.39 Å². The van der Waals surface area contributed by atoms with E-state index in [2.05, 4.69) is 15.5 Å². The van der Waals surface area contributed by atoms with Crippen LogP contribution in [0.5, 0.6) is 0 Å². The van der Waals surface area contributed by atoms with E-state index < -0.39 is 0 Å². The van der Waals surface area contributed by atoms with E-state index in [0.717, 1.165) is 16.8 Å². The number of halogens is 1. The van der Waals surface area contributed by atoms with E-state index in [9.17, 15) is 9.18 Å². The van der Waals surface area contributed by atoms with E-state index in [0.29, 0.717) is 22.4 Å². The molecule has 6 heteroatoms. The van der Waals surface area contributed by atoms with Gasteiger partial charge in [-0.05, 0) is 68.3 Å². The predicted octanol–water partition coefficient (Wildman–Crippen LogP) is 5.45. The average molecular weight is 432 g/mol. The molecule has 0 saturated carbocycles. The number of nitrogens with one attached hydrogen (secondary N) is 1. The number of amides is 1. The van der Waals surface area contributed by atoms with Gasteiger partial charge < -0.3 is 10.2 Å². The van der Waals surface area contributed by atoms with Crippen molar-refractivity contribution in [3.63, 3.8) is 0 Å². The molecule has 3 aromatic rings. The number of carbonyl (C=O) groups excluding carboxylic acids is 1. The fourth-order valence-corrected chi connectivity index (χ4v) is 3.86. The third kappa shape index (κ3) is 4.40. The first kappa shape index (κ1) is 21.7. The molecule has 0 fully saturated rings. The van der Waals surface area contributed by atoms with Gasteiger partial charge in [-0.2, -0.15) is 0 Å². The second-order valence-electron chi connectivity index (χ2n) is 8.46. The molecule has 5 nitrogen and oxygen atoms in total. The normalized spacial score (nSPS) is 17.8. The van der Waals surface area contributed by atoms with Gasteiger partial charge >= 0.3 is 0 Å². The van der Waals surface area contributed by atoms with E-state index in [4.69, 9.17) is 4.84 Å². The van der Waals surface area contributed by atoms with E-state index >= 15 is 0 Å². The van der Waals surface area contributed by atoms with E-state index in [1.54, 1.807) is 24.4 Å². The van der Waals surface area contributed by atoms with Crippen molar-refractivity contribution >= 4 is 11.6 Å². The van der Waals surface area contributed by atoms with Crippen LogP contribution >= 0.6 is 0 Å². The molecule has 1 N–H and O–H groups in total. The number of aryl methyl sites for hydroxylation is 1. The summed E-state index contributed by atoms with van der Waals surface area (Å²) in [5.41, 5.74) is 4.55. The quantitative estimate of drug-likeness (QED) is 0.585. The maximum absolute atomic E-state index is 14.8. The number of benzene rings is 2. The van der Waals surface area contributed by atoms with Gasteiger partial charge in [0.2, 0.25) is 0 Å². The van der Waals surface area contributed by atoms with Crippen molar-refractivity contribution in [2.45, 2.75) is 39.8 Å². The van der Waals surface area contributed by atoms with Gasteiger partial charge in [0.05, 0.1) is 11.4 Å². The van der Waals surface area contributed by atoms with Crippen LogP contribution in [0, 0.1) is 18.7 Å². The molecule has 164 valence electrons.